The Morgan fingerprint density at radius 2 is 2.26 bits per heavy atom. The van der Waals surface area contributed by atoms with Gasteiger partial charge in [-0.3, -0.25) is 4.79 Å². The summed E-state index contributed by atoms with van der Waals surface area (Å²) in [5.41, 5.74) is 0. The Morgan fingerprint density at radius 3 is 2.89 bits per heavy atom. The second kappa shape index (κ2) is 4.36. The van der Waals surface area contributed by atoms with Gasteiger partial charge in [0.15, 0.2) is 0 Å². The first kappa shape index (κ1) is 12.2. The van der Waals surface area contributed by atoms with E-state index in [2.05, 4.69) is 14.9 Å². The zero-order valence-electron chi connectivity index (χ0n) is 11.2. The minimum atomic E-state index is -0.681. The molecule has 2 fully saturated rings. The zero-order valence-corrected chi connectivity index (χ0v) is 11.2. The van der Waals surface area contributed by atoms with E-state index < -0.39 is 5.97 Å². The zero-order chi connectivity index (χ0) is 13.6. The van der Waals surface area contributed by atoms with Gasteiger partial charge in [-0.2, -0.15) is 4.98 Å². The highest BCUT2D eigenvalue weighted by Crippen LogP contribution is 2.44. The third-order valence-corrected chi connectivity index (χ3v) is 4.15. The van der Waals surface area contributed by atoms with Crippen LogP contribution in [0, 0.1) is 5.92 Å². The summed E-state index contributed by atoms with van der Waals surface area (Å²) in [7, 11) is 3.80. The Morgan fingerprint density at radius 1 is 1.47 bits per heavy atom. The molecule has 2 aliphatic rings. The lowest BCUT2D eigenvalue weighted by Crippen LogP contribution is -2.33. The van der Waals surface area contributed by atoms with Gasteiger partial charge in [0.2, 0.25) is 5.95 Å². The summed E-state index contributed by atoms with van der Waals surface area (Å²) in [5, 5.41) is 9.28. The predicted octanol–water partition coefficient (Wildman–Crippen LogP) is 0.984. The number of aliphatic carboxylic acids is 1. The van der Waals surface area contributed by atoms with Crippen molar-refractivity contribution in [1.82, 2.24) is 9.97 Å². The van der Waals surface area contributed by atoms with Gasteiger partial charge in [-0.1, -0.05) is 0 Å². The predicted molar refractivity (Wildman–Crippen MR) is 71.4 cm³/mol. The van der Waals surface area contributed by atoms with E-state index >= 15 is 0 Å². The minimum absolute atomic E-state index is 0.0902. The molecule has 3 unspecified atom stereocenters. The molecule has 1 aromatic heterocycles. The summed E-state index contributed by atoms with van der Waals surface area (Å²) in [6.07, 6.45) is 4.49. The highest BCUT2D eigenvalue weighted by molar-refractivity contribution is 5.73. The first-order valence-electron chi connectivity index (χ1n) is 6.59. The molecule has 2 bridgehead atoms. The second-order valence-corrected chi connectivity index (χ2v) is 5.50. The van der Waals surface area contributed by atoms with Crippen molar-refractivity contribution in [3.8, 4) is 0 Å². The summed E-state index contributed by atoms with van der Waals surface area (Å²) < 4.78 is 0. The number of carboxylic acid groups (broad SMARTS) is 1. The molecule has 0 saturated carbocycles. The number of hydrogen-bond donors (Lipinski definition) is 1. The average molecular weight is 262 g/mol. The van der Waals surface area contributed by atoms with Gasteiger partial charge in [-0.15, -0.1) is 0 Å². The summed E-state index contributed by atoms with van der Waals surface area (Å²) in [4.78, 5) is 24.1. The molecule has 0 aromatic carbocycles. The molecule has 2 aliphatic heterocycles. The summed E-state index contributed by atoms with van der Waals surface area (Å²) in [6, 6.07) is 2.28. The molecule has 3 heterocycles. The quantitative estimate of drug-likeness (QED) is 0.876. The number of fused-ring (bicyclic) bond motifs is 2. The lowest BCUT2D eigenvalue weighted by atomic mass is 9.89. The van der Waals surface area contributed by atoms with Gasteiger partial charge in [0.25, 0.3) is 0 Å². The van der Waals surface area contributed by atoms with Crippen LogP contribution < -0.4 is 9.80 Å². The molecule has 6 nitrogen and oxygen atoms in total. The molecule has 0 radical (unpaired) electrons. The Hall–Kier alpha value is -1.85. The first-order chi connectivity index (χ1) is 9.08. The van der Waals surface area contributed by atoms with E-state index in [-0.39, 0.29) is 12.0 Å². The smallest absolute Gasteiger partial charge is 0.308 e. The molecule has 1 N–H and O–H groups in total. The van der Waals surface area contributed by atoms with Crippen LogP contribution in [0.25, 0.3) is 0 Å². The summed E-state index contributed by atoms with van der Waals surface area (Å²) in [5.74, 6) is 0.584. The molecular formula is C13H18N4O2. The summed E-state index contributed by atoms with van der Waals surface area (Å²) >= 11 is 0. The van der Waals surface area contributed by atoms with Gasteiger partial charge in [0.1, 0.15) is 5.82 Å². The van der Waals surface area contributed by atoms with Gasteiger partial charge in [0, 0.05) is 32.4 Å². The van der Waals surface area contributed by atoms with Crippen LogP contribution >= 0.6 is 0 Å². The molecule has 102 valence electrons. The van der Waals surface area contributed by atoms with Crippen molar-refractivity contribution >= 4 is 17.7 Å². The maximum atomic E-state index is 11.3. The van der Waals surface area contributed by atoms with Crippen LogP contribution in [0.15, 0.2) is 12.3 Å². The number of nitrogens with zero attached hydrogens (tertiary/aromatic N) is 4. The molecule has 0 aliphatic carbocycles. The first-order valence-corrected chi connectivity index (χ1v) is 6.59. The Balaban J connectivity index is 1.91. The highest BCUT2D eigenvalue weighted by Gasteiger charge is 2.49. The van der Waals surface area contributed by atoms with Crippen LogP contribution in [0.5, 0.6) is 0 Å². The monoisotopic (exact) mass is 262 g/mol. The molecule has 2 saturated heterocycles. The molecular weight excluding hydrogens is 244 g/mol. The number of aromatic nitrogens is 2. The van der Waals surface area contributed by atoms with Crippen LogP contribution in [0.2, 0.25) is 0 Å². The van der Waals surface area contributed by atoms with E-state index in [9.17, 15) is 9.90 Å². The average Bonchev–Trinajstić information content (AvgIpc) is 2.96. The molecule has 3 atom stereocenters. The Kier molecular flexibility index (Phi) is 2.80. The third-order valence-electron chi connectivity index (χ3n) is 4.15. The topological polar surface area (TPSA) is 69.6 Å². The van der Waals surface area contributed by atoms with Crippen LogP contribution in [0.4, 0.5) is 11.8 Å². The fourth-order valence-electron chi connectivity index (χ4n) is 3.31. The number of anilines is 2. The van der Waals surface area contributed by atoms with E-state index in [0.29, 0.717) is 12.0 Å². The van der Waals surface area contributed by atoms with Gasteiger partial charge in [0.05, 0.1) is 5.92 Å². The van der Waals surface area contributed by atoms with Gasteiger partial charge >= 0.3 is 5.97 Å². The van der Waals surface area contributed by atoms with Crippen molar-refractivity contribution in [2.75, 3.05) is 23.9 Å². The van der Waals surface area contributed by atoms with Crippen molar-refractivity contribution < 1.29 is 9.90 Å². The fourth-order valence-corrected chi connectivity index (χ4v) is 3.31. The second-order valence-electron chi connectivity index (χ2n) is 5.50. The van der Waals surface area contributed by atoms with Crippen molar-refractivity contribution in [3.63, 3.8) is 0 Å². The number of carboxylic acids is 1. The Labute approximate surface area is 112 Å². The van der Waals surface area contributed by atoms with E-state index in [4.69, 9.17) is 0 Å². The van der Waals surface area contributed by atoms with Crippen LogP contribution in [0.3, 0.4) is 0 Å². The van der Waals surface area contributed by atoms with Crippen LogP contribution in [-0.2, 0) is 4.79 Å². The number of hydrogen-bond acceptors (Lipinski definition) is 5. The fraction of sp³-hybridized carbons (Fsp3) is 0.615. The number of carbonyl (C=O) groups is 1. The summed E-state index contributed by atoms with van der Waals surface area (Å²) in [6.45, 7) is 0. The molecule has 0 amide bonds. The lowest BCUT2D eigenvalue weighted by Gasteiger charge is -2.25. The van der Waals surface area contributed by atoms with E-state index in [1.807, 2.05) is 25.1 Å². The molecule has 3 rings (SSSR count). The van der Waals surface area contributed by atoms with Crippen LogP contribution in [-0.4, -0.2) is 47.2 Å². The number of rotatable bonds is 3. The highest BCUT2D eigenvalue weighted by atomic mass is 16.4. The molecule has 19 heavy (non-hydrogen) atoms. The van der Waals surface area contributed by atoms with Crippen molar-refractivity contribution in [3.05, 3.63) is 12.3 Å². The Bertz CT molecular complexity index is 505. The van der Waals surface area contributed by atoms with Crippen molar-refractivity contribution in [1.29, 1.82) is 0 Å². The van der Waals surface area contributed by atoms with E-state index in [0.717, 1.165) is 25.1 Å². The minimum Gasteiger partial charge on any atom is -0.481 e. The SMILES string of the molecule is CN(C)c1nccc(N2C3CCC2C(C(=O)O)C3)n1. The lowest BCUT2D eigenvalue weighted by molar-refractivity contribution is -0.142. The van der Waals surface area contributed by atoms with E-state index in [1.165, 1.54) is 0 Å². The standard InChI is InChI=1S/C13H18N4O2/c1-16(2)13-14-6-5-11(15-13)17-8-3-4-10(17)9(7-8)12(18)19/h5-6,8-10H,3-4,7H2,1-2H3,(H,18,19). The maximum Gasteiger partial charge on any atom is 0.308 e. The van der Waals surface area contributed by atoms with Gasteiger partial charge in [-0.25, -0.2) is 4.98 Å². The van der Waals surface area contributed by atoms with Gasteiger partial charge < -0.3 is 14.9 Å². The molecule has 1 aromatic rings. The van der Waals surface area contributed by atoms with E-state index in [1.54, 1.807) is 6.20 Å². The third kappa shape index (κ3) is 1.91. The largest absolute Gasteiger partial charge is 0.481 e. The molecule has 6 heteroatoms. The maximum absolute atomic E-state index is 11.3. The normalized spacial score (nSPS) is 28.7. The van der Waals surface area contributed by atoms with Crippen LogP contribution in [0.1, 0.15) is 19.3 Å². The van der Waals surface area contributed by atoms with Gasteiger partial charge in [-0.05, 0) is 25.3 Å². The molecule has 0 spiro atoms. The van der Waals surface area contributed by atoms with Crippen molar-refractivity contribution in [2.24, 2.45) is 5.92 Å². The van der Waals surface area contributed by atoms with Crippen molar-refractivity contribution in [2.45, 2.75) is 31.3 Å².